The van der Waals surface area contributed by atoms with Crippen molar-refractivity contribution >= 4 is 41.0 Å². The minimum Gasteiger partial charge on any atom is -0.507 e. The normalized spacial score (nSPS) is 14.4. The zero-order chi connectivity index (χ0) is 35.4. The van der Waals surface area contributed by atoms with E-state index in [0.29, 0.717) is 35.6 Å². The molecule has 3 rings (SSSR count). The van der Waals surface area contributed by atoms with Crippen LogP contribution in [0, 0.1) is 0 Å². The molecule has 0 bridgehead atoms. The standard InChI is InChI=1S/C36H41F3O8S/c1-3-12-26-29(18-17-24(22(2)40)32(26)42)46-20-10-8-6-4-5-7-9-13-25(28(41)14-11-19-36(37,38)39)31-33(43)27-16-15-23(48)21-30(27)47-34(31)35(44)45/h5,7,9,13,16-18,21,25,28,41-42H,3-4,6,8,10-12,14-15,19-20H2,1-2H3,(H,44,45)/b7-5-,13-9+/t25-,28-/m1/s1. The fourth-order valence-electron chi connectivity index (χ4n) is 5.47. The van der Waals surface area contributed by atoms with E-state index in [1.54, 1.807) is 18.2 Å². The van der Waals surface area contributed by atoms with Gasteiger partial charge in [0.2, 0.25) is 5.76 Å². The number of Topliss-reactive ketones (excluding diaryl/α,β-unsaturated/α-hetero) is 1. The molecule has 12 heteroatoms. The Morgan fingerprint density at radius 2 is 1.90 bits per heavy atom. The Morgan fingerprint density at radius 3 is 2.56 bits per heavy atom. The number of aromatic carboxylic acids is 1. The fraction of sp³-hybridized carbons (Fsp3) is 0.444. The summed E-state index contributed by atoms with van der Waals surface area (Å²) in [6.45, 7) is 3.79. The maximum absolute atomic E-state index is 13.5. The summed E-state index contributed by atoms with van der Waals surface area (Å²) in [4.78, 5) is 37.8. The first-order chi connectivity index (χ1) is 22.7. The van der Waals surface area contributed by atoms with Gasteiger partial charge in [-0.2, -0.15) is 13.2 Å². The van der Waals surface area contributed by atoms with Crippen molar-refractivity contribution in [2.24, 2.45) is 0 Å². The number of benzene rings is 1. The molecule has 0 saturated heterocycles. The van der Waals surface area contributed by atoms with Crippen molar-refractivity contribution in [2.45, 2.75) is 96.3 Å². The minimum atomic E-state index is -4.43. The Kier molecular flexibility index (Phi) is 14.4. The van der Waals surface area contributed by atoms with Crippen LogP contribution < -0.4 is 20.8 Å². The Labute approximate surface area is 281 Å². The lowest BCUT2D eigenvalue weighted by Gasteiger charge is -2.21. The summed E-state index contributed by atoms with van der Waals surface area (Å²) < 4.78 is 49.8. The molecule has 0 unspecified atom stereocenters. The van der Waals surface area contributed by atoms with Gasteiger partial charge in [0.15, 0.2) is 11.2 Å². The highest BCUT2D eigenvalue weighted by Crippen LogP contribution is 2.33. The molecule has 260 valence electrons. The molecule has 48 heavy (non-hydrogen) atoms. The number of alkyl halides is 3. The van der Waals surface area contributed by atoms with Crippen LogP contribution in [0.4, 0.5) is 13.2 Å². The molecular formula is C36H41F3O8S. The number of hydrogen-bond donors (Lipinski definition) is 3. The molecule has 2 aromatic rings. The number of carboxylic acids is 1. The van der Waals surface area contributed by atoms with Gasteiger partial charge < -0.3 is 24.5 Å². The Hall–Kier alpha value is -4.03. The van der Waals surface area contributed by atoms with Gasteiger partial charge >= 0.3 is 12.1 Å². The second-order valence-electron chi connectivity index (χ2n) is 11.6. The van der Waals surface area contributed by atoms with Crippen LogP contribution in [0.1, 0.15) is 110 Å². The maximum Gasteiger partial charge on any atom is 0.389 e. The van der Waals surface area contributed by atoms with Crippen molar-refractivity contribution in [1.82, 2.24) is 0 Å². The predicted molar refractivity (Wildman–Crippen MR) is 180 cm³/mol. The Bertz CT molecular complexity index is 1720. The molecule has 0 aliphatic heterocycles. The van der Waals surface area contributed by atoms with E-state index in [1.165, 1.54) is 31.2 Å². The summed E-state index contributed by atoms with van der Waals surface area (Å²) in [5, 5.41) is 31.4. The molecule has 8 nitrogen and oxygen atoms in total. The van der Waals surface area contributed by atoms with Crippen molar-refractivity contribution in [2.75, 3.05) is 6.61 Å². The SMILES string of the molecule is CCCc1c(OCCCCC/C=C\C=C\[C@@H](c2c(C(=O)O)oc3c(c2=O)=CCC(=S)C=3)[C@H](O)CCCC(F)(F)F)ccc(C(C)=O)c1O. The molecule has 0 radical (unpaired) electrons. The topological polar surface area (TPSA) is 134 Å². The first kappa shape index (κ1) is 38.4. The molecule has 0 fully saturated rings. The van der Waals surface area contributed by atoms with E-state index < -0.39 is 48.2 Å². The summed E-state index contributed by atoms with van der Waals surface area (Å²) in [6.07, 6.45) is 6.23. The number of aliphatic hydroxyl groups excluding tert-OH is 1. The number of ether oxygens (including phenoxy) is 1. The molecule has 1 aliphatic rings. The van der Waals surface area contributed by atoms with Crippen molar-refractivity contribution < 1.29 is 47.2 Å². The summed E-state index contributed by atoms with van der Waals surface area (Å²) in [5.74, 6) is -3.19. The summed E-state index contributed by atoms with van der Waals surface area (Å²) in [6, 6.07) is 3.26. The van der Waals surface area contributed by atoms with Gasteiger partial charge in [-0.3, -0.25) is 9.59 Å². The van der Waals surface area contributed by atoms with E-state index in [2.05, 4.69) is 0 Å². The highest BCUT2D eigenvalue weighted by atomic mass is 32.1. The largest absolute Gasteiger partial charge is 0.507 e. The number of hydrogen-bond acceptors (Lipinski definition) is 8. The van der Waals surface area contributed by atoms with E-state index in [4.69, 9.17) is 21.4 Å². The smallest absolute Gasteiger partial charge is 0.389 e. The number of carbonyl (C=O) groups excluding carboxylic acids is 1. The summed E-state index contributed by atoms with van der Waals surface area (Å²) >= 11 is 5.14. The van der Waals surface area contributed by atoms with Gasteiger partial charge in [0.05, 0.1) is 29.1 Å². The van der Waals surface area contributed by atoms with Crippen LogP contribution in [0.5, 0.6) is 11.5 Å². The van der Waals surface area contributed by atoms with Crippen LogP contribution in [0.3, 0.4) is 0 Å². The van der Waals surface area contributed by atoms with Gasteiger partial charge in [-0.15, -0.1) is 0 Å². The molecular weight excluding hydrogens is 649 g/mol. The number of carbonyl (C=O) groups is 2. The van der Waals surface area contributed by atoms with Gasteiger partial charge in [0.1, 0.15) is 16.9 Å². The number of fused-ring (bicyclic) bond motifs is 1. The predicted octanol–water partition coefficient (Wildman–Crippen LogP) is 6.46. The van der Waals surface area contributed by atoms with Crippen LogP contribution in [-0.2, 0) is 6.42 Å². The van der Waals surface area contributed by atoms with Crippen LogP contribution >= 0.6 is 12.2 Å². The second kappa shape index (κ2) is 17.9. The molecule has 1 aromatic heterocycles. The van der Waals surface area contributed by atoms with Crippen LogP contribution in [-0.4, -0.2) is 50.8 Å². The lowest BCUT2D eigenvalue weighted by molar-refractivity contribution is -0.136. The molecule has 1 aliphatic carbocycles. The third-order valence-electron chi connectivity index (χ3n) is 7.87. The highest BCUT2D eigenvalue weighted by Gasteiger charge is 2.32. The third-order valence-corrected chi connectivity index (χ3v) is 8.15. The monoisotopic (exact) mass is 690 g/mol. The highest BCUT2D eigenvalue weighted by molar-refractivity contribution is 7.81. The quantitative estimate of drug-likeness (QED) is 0.0697. The van der Waals surface area contributed by atoms with Crippen molar-refractivity contribution in [3.8, 4) is 11.5 Å². The van der Waals surface area contributed by atoms with E-state index in [0.717, 1.165) is 25.7 Å². The van der Waals surface area contributed by atoms with Crippen molar-refractivity contribution in [3.63, 3.8) is 0 Å². The van der Waals surface area contributed by atoms with Crippen LogP contribution in [0.2, 0.25) is 0 Å². The first-order valence-corrected chi connectivity index (χ1v) is 16.4. The van der Waals surface area contributed by atoms with Gasteiger partial charge in [-0.25, -0.2) is 4.79 Å². The molecule has 0 spiro atoms. The number of allylic oxidation sites excluding steroid dienone is 3. The van der Waals surface area contributed by atoms with Gasteiger partial charge in [0, 0.05) is 29.2 Å². The molecule has 3 N–H and O–H groups in total. The maximum atomic E-state index is 13.5. The van der Waals surface area contributed by atoms with E-state index in [1.807, 2.05) is 13.0 Å². The van der Waals surface area contributed by atoms with Gasteiger partial charge in [-0.1, -0.05) is 55.9 Å². The zero-order valence-corrected chi connectivity index (χ0v) is 27.8. The van der Waals surface area contributed by atoms with Crippen molar-refractivity contribution in [1.29, 1.82) is 0 Å². The van der Waals surface area contributed by atoms with E-state index in [9.17, 15) is 42.9 Å². The molecule has 2 atom stereocenters. The number of thiocarbonyl (C=S) groups is 1. The number of carboxylic acid groups (broad SMARTS) is 1. The zero-order valence-electron chi connectivity index (χ0n) is 27.0. The molecule has 1 heterocycles. The first-order valence-electron chi connectivity index (χ1n) is 16.0. The fourth-order valence-corrected chi connectivity index (χ4v) is 5.66. The van der Waals surface area contributed by atoms with Crippen LogP contribution in [0.15, 0.2) is 45.6 Å². The molecule has 0 amide bonds. The summed E-state index contributed by atoms with van der Waals surface area (Å²) in [7, 11) is 0. The number of ketones is 1. The van der Waals surface area contributed by atoms with E-state index in [-0.39, 0.29) is 46.1 Å². The number of aromatic hydroxyl groups is 1. The number of phenols is 1. The third kappa shape index (κ3) is 10.7. The minimum absolute atomic E-state index is 0.0116. The number of phenolic OH excluding ortho intramolecular Hbond substituents is 1. The lowest BCUT2D eigenvalue weighted by Crippen LogP contribution is -2.45. The van der Waals surface area contributed by atoms with Gasteiger partial charge in [0.25, 0.3) is 0 Å². The van der Waals surface area contributed by atoms with Gasteiger partial charge in [-0.05, 0) is 70.1 Å². The average Bonchev–Trinajstić information content (AvgIpc) is 3.00. The Balaban J connectivity index is 1.67. The Morgan fingerprint density at radius 1 is 1.15 bits per heavy atom. The average molecular weight is 691 g/mol. The number of unbranched alkanes of at least 4 members (excludes halogenated alkanes) is 3. The number of halogens is 3. The number of aliphatic hydroxyl groups is 1. The number of rotatable bonds is 18. The lowest BCUT2D eigenvalue weighted by atomic mass is 9.88. The van der Waals surface area contributed by atoms with Crippen molar-refractivity contribution in [3.05, 3.63) is 79.7 Å². The second-order valence-corrected chi connectivity index (χ2v) is 12.2. The van der Waals surface area contributed by atoms with E-state index >= 15 is 0 Å². The summed E-state index contributed by atoms with van der Waals surface area (Å²) in [5.41, 5.74) is -0.149. The molecule has 0 saturated carbocycles. The van der Waals surface area contributed by atoms with Crippen LogP contribution in [0.25, 0.3) is 12.2 Å². The molecule has 1 aromatic carbocycles.